The maximum absolute atomic E-state index is 12.8. The maximum Gasteiger partial charge on any atom is 0.313 e. The molecule has 0 fully saturated rings. The van der Waals surface area contributed by atoms with Crippen LogP contribution in [0.25, 0.3) is 0 Å². The van der Waals surface area contributed by atoms with Crippen molar-refractivity contribution in [3.8, 4) is 0 Å². The molecule has 0 radical (unpaired) electrons. The Morgan fingerprint density at radius 2 is 1.65 bits per heavy atom. The lowest BCUT2D eigenvalue weighted by Crippen LogP contribution is -2.43. The summed E-state index contributed by atoms with van der Waals surface area (Å²) in [7, 11) is 0. The summed E-state index contributed by atoms with van der Waals surface area (Å²) < 4.78 is 12.8. The van der Waals surface area contributed by atoms with Crippen molar-refractivity contribution in [3.63, 3.8) is 0 Å². The first kappa shape index (κ1) is 16.6. The second kappa shape index (κ2) is 7.02. The predicted molar refractivity (Wildman–Crippen MR) is 84.1 cm³/mol. The van der Waals surface area contributed by atoms with Crippen LogP contribution in [0.2, 0.25) is 0 Å². The smallest absolute Gasteiger partial charge is 0.313 e. The van der Waals surface area contributed by atoms with Crippen molar-refractivity contribution >= 4 is 17.5 Å². The van der Waals surface area contributed by atoms with Crippen molar-refractivity contribution in [2.24, 2.45) is 0 Å². The summed E-state index contributed by atoms with van der Waals surface area (Å²) in [4.78, 5) is 23.5. The molecule has 0 heterocycles. The molecule has 2 amide bonds. The summed E-state index contributed by atoms with van der Waals surface area (Å²) >= 11 is 0. The first-order chi connectivity index (χ1) is 10.9. The molecule has 23 heavy (non-hydrogen) atoms. The molecule has 6 heteroatoms. The highest BCUT2D eigenvalue weighted by Crippen LogP contribution is 2.18. The van der Waals surface area contributed by atoms with Gasteiger partial charge in [0.25, 0.3) is 0 Å². The molecule has 120 valence electrons. The van der Waals surface area contributed by atoms with Gasteiger partial charge in [0.15, 0.2) is 0 Å². The monoisotopic (exact) mass is 316 g/mol. The number of anilines is 1. The van der Waals surface area contributed by atoms with Gasteiger partial charge in [0.2, 0.25) is 0 Å². The molecule has 0 spiro atoms. The Labute approximate surface area is 133 Å². The van der Waals surface area contributed by atoms with E-state index in [-0.39, 0.29) is 6.54 Å². The third kappa shape index (κ3) is 4.62. The van der Waals surface area contributed by atoms with E-state index in [0.717, 1.165) is 0 Å². The highest BCUT2D eigenvalue weighted by atomic mass is 19.1. The van der Waals surface area contributed by atoms with Crippen molar-refractivity contribution in [1.82, 2.24) is 5.32 Å². The predicted octanol–water partition coefficient (Wildman–Crippen LogP) is 1.79. The van der Waals surface area contributed by atoms with Gasteiger partial charge in [-0.1, -0.05) is 30.3 Å². The summed E-state index contributed by atoms with van der Waals surface area (Å²) in [6.07, 6.45) is 0. The minimum atomic E-state index is -1.30. The number of aliphatic hydroxyl groups is 1. The minimum Gasteiger partial charge on any atom is -0.384 e. The van der Waals surface area contributed by atoms with Crippen LogP contribution < -0.4 is 10.6 Å². The molecule has 2 rings (SSSR count). The van der Waals surface area contributed by atoms with Gasteiger partial charge in [-0.15, -0.1) is 0 Å². The minimum absolute atomic E-state index is 0.118. The average molecular weight is 316 g/mol. The topological polar surface area (TPSA) is 78.4 Å². The molecule has 0 aromatic heterocycles. The molecule has 0 bridgehead atoms. The highest BCUT2D eigenvalue weighted by Gasteiger charge is 2.25. The van der Waals surface area contributed by atoms with E-state index in [2.05, 4.69) is 10.6 Å². The molecule has 0 saturated carbocycles. The molecule has 2 aromatic carbocycles. The van der Waals surface area contributed by atoms with Crippen LogP contribution in [0.15, 0.2) is 54.6 Å². The molecule has 1 atom stereocenters. The summed E-state index contributed by atoms with van der Waals surface area (Å²) in [6, 6.07) is 13.9. The first-order valence-electron chi connectivity index (χ1n) is 7.01. The van der Waals surface area contributed by atoms with Gasteiger partial charge in [0.05, 0.1) is 6.54 Å². The Morgan fingerprint density at radius 3 is 2.26 bits per heavy atom. The van der Waals surface area contributed by atoms with Gasteiger partial charge in [-0.2, -0.15) is 0 Å². The van der Waals surface area contributed by atoms with Crippen LogP contribution in [-0.4, -0.2) is 23.5 Å². The number of carbonyl (C=O) groups is 2. The van der Waals surface area contributed by atoms with Crippen LogP contribution in [0.3, 0.4) is 0 Å². The maximum atomic E-state index is 12.8. The lowest BCUT2D eigenvalue weighted by atomic mass is 9.96. The molecule has 0 aliphatic carbocycles. The quantitative estimate of drug-likeness (QED) is 0.753. The molecule has 2 aromatic rings. The van der Waals surface area contributed by atoms with Gasteiger partial charge in [-0.25, -0.2) is 4.39 Å². The van der Waals surface area contributed by atoms with Crippen LogP contribution >= 0.6 is 0 Å². The highest BCUT2D eigenvalue weighted by molar-refractivity contribution is 6.39. The van der Waals surface area contributed by atoms with Crippen molar-refractivity contribution in [2.45, 2.75) is 12.5 Å². The molecule has 0 aliphatic rings. The van der Waals surface area contributed by atoms with Crippen molar-refractivity contribution in [3.05, 3.63) is 66.0 Å². The Bertz CT molecular complexity index is 685. The Kier molecular flexibility index (Phi) is 5.08. The van der Waals surface area contributed by atoms with E-state index in [1.807, 2.05) is 6.07 Å². The van der Waals surface area contributed by atoms with E-state index in [0.29, 0.717) is 11.3 Å². The third-order valence-electron chi connectivity index (χ3n) is 3.30. The number of amides is 2. The lowest BCUT2D eigenvalue weighted by molar-refractivity contribution is -0.136. The molecule has 0 aliphatic heterocycles. The number of nitrogens with one attached hydrogen (secondary N) is 2. The number of carbonyl (C=O) groups excluding carboxylic acids is 2. The van der Waals surface area contributed by atoms with Crippen LogP contribution in [0.5, 0.6) is 0 Å². The fourth-order valence-corrected chi connectivity index (χ4v) is 1.95. The normalized spacial score (nSPS) is 13.0. The van der Waals surface area contributed by atoms with E-state index in [4.69, 9.17) is 0 Å². The van der Waals surface area contributed by atoms with Crippen LogP contribution in [0, 0.1) is 5.82 Å². The van der Waals surface area contributed by atoms with E-state index in [1.54, 1.807) is 31.2 Å². The first-order valence-corrected chi connectivity index (χ1v) is 7.01. The molecule has 3 N–H and O–H groups in total. The fourth-order valence-electron chi connectivity index (χ4n) is 1.95. The van der Waals surface area contributed by atoms with Crippen LogP contribution in [0.4, 0.5) is 10.1 Å². The van der Waals surface area contributed by atoms with E-state index < -0.39 is 23.2 Å². The Balaban J connectivity index is 1.91. The van der Waals surface area contributed by atoms with Crippen LogP contribution in [0.1, 0.15) is 12.5 Å². The largest absolute Gasteiger partial charge is 0.384 e. The van der Waals surface area contributed by atoms with Crippen LogP contribution in [-0.2, 0) is 15.2 Å². The zero-order chi connectivity index (χ0) is 16.9. The van der Waals surface area contributed by atoms with Crippen molar-refractivity contribution in [2.75, 3.05) is 11.9 Å². The standard InChI is InChI=1S/C17H17FN2O3/c1-17(23,12-5-3-2-4-6-12)11-19-15(21)16(22)20-14-9-7-13(18)8-10-14/h2-10,23H,11H2,1H3,(H,19,21)(H,20,22). The average Bonchev–Trinajstić information content (AvgIpc) is 2.55. The molecule has 0 saturated heterocycles. The Morgan fingerprint density at radius 1 is 1.04 bits per heavy atom. The molecular formula is C17H17FN2O3. The summed E-state index contributed by atoms with van der Waals surface area (Å²) in [5.41, 5.74) is -0.367. The number of benzene rings is 2. The van der Waals surface area contributed by atoms with E-state index >= 15 is 0 Å². The van der Waals surface area contributed by atoms with Gasteiger partial charge >= 0.3 is 11.8 Å². The lowest BCUT2D eigenvalue weighted by Gasteiger charge is -2.24. The van der Waals surface area contributed by atoms with E-state index in [9.17, 15) is 19.1 Å². The summed E-state index contributed by atoms with van der Waals surface area (Å²) in [6.45, 7) is 1.42. The third-order valence-corrected chi connectivity index (χ3v) is 3.30. The summed E-state index contributed by atoms with van der Waals surface area (Å²) in [5.74, 6) is -2.21. The Hall–Kier alpha value is -2.73. The van der Waals surface area contributed by atoms with Gasteiger partial charge in [-0.3, -0.25) is 9.59 Å². The zero-order valence-corrected chi connectivity index (χ0v) is 12.5. The fraction of sp³-hybridized carbons (Fsp3) is 0.176. The second-order valence-corrected chi connectivity index (χ2v) is 5.28. The SMILES string of the molecule is CC(O)(CNC(=O)C(=O)Nc1ccc(F)cc1)c1ccccc1. The number of hydrogen-bond donors (Lipinski definition) is 3. The van der Waals surface area contributed by atoms with Gasteiger partial charge < -0.3 is 15.7 Å². The van der Waals surface area contributed by atoms with Gasteiger partial charge in [0.1, 0.15) is 11.4 Å². The van der Waals surface area contributed by atoms with E-state index in [1.165, 1.54) is 24.3 Å². The van der Waals surface area contributed by atoms with Crippen molar-refractivity contribution < 1.29 is 19.1 Å². The number of rotatable bonds is 4. The zero-order valence-electron chi connectivity index (χ0n) is 12.5. The number of hydrogen-bond acceptors (Lipinski definition) is 3. The summed E-state index contributed by atoms with van der Waals surface area (Å²) in [5, 5.41) is 15.1. The number of halogens is 1. The molecular weight excluding hydrogens is 299 g/mol. The van der Waals surface area contributed by atoms with Gasteiger partial charge in [0, 0.05) is 5.69 Å². The van der Waals surface area contributed by atoms with Gasteiger partial charge in [-0.05, 0) is 36.8 Å². The second-order valence-electron chi connectivity index (χ2n) is 5.28. The molecule has 5 nitrogen and oxygen atoms in total. The van der Waals surface area contributed by atoms with Crippen molar-refractivity contribution in [1.29, 1.82) is 0 Å². The molecule has 1 unspecified atom stereocenters.